The number of hydrogen-bond donors (Lipinski definition) is 0. The summed E-state index contributed by atoms with van der Waals surface area (Å²) < 4.78 is 0. The molecule has 0 heterocycles. The molecule has 0 aromatic rings. The van der Waals surface area contributed by atoms with E-state index in [-0.39, 0.29) is 0 Å². The van der Waals surface area contributed by atoms with Crippen molar-refractivity contribution in [3.8, 4) is 0 Å². The second-order valence-corrected chi connectivity index (χ2v) is 2.75. The van der Waals surface area contributed by atoms with E-state index in [0.29, 0.717) is 0 Å². The van der Waals surface area contributed by atoms with Crippen molar-refractivity contribution in [2.45, 2.75) is 33.1 Å². The predicted octanol–water partition coefficient (Wildman–Crippen LogP) is 3.51. The average molecular weight is 137 g/mol. The van der Waals surface area contributed by atoms with Gasteiger partial charge in [0.2, 0.25) is 0 Å². The molecule has 0 aliphatic rings. The third-order valence-electron chi connectivity index (χ3n) is 1.39. The van der Waals surface area contributed by atoms with E-state index in [2.05, 4.69) is 27.0 Å². The molecule has 0 aliphatic carbocycles. The van der Waals surface area contributed by atoms with E-state index in [1.165, 1.54) is 17.9 Å². The van der Waals surface area contributed by atoms with Gasteiger partial charge in [-0.25, -0.2) is 0 Å². The predicted molar refractivity (Wildman–Crippen MR) is 47.8 cm³/mol. The van der Waals surface area contributed by atoms with E-state index >= 15 is 0 Å². The van der Waals surface area contributed by atoms with Crippen LogP contribution >= 0.6 is 0 Å². The molecule has 10 heavy (non-hydrogen) atoms. The van der Waals surface area contributed by atoms with Gasteiger partial charge in [-0.2, -0.15) is 0 Å². The van der Waals surface area contributed by atoms with Crippen molar-refractivity contribution < 1.29 is 0 Å². The van der Waals surface area contributed by atoms with Gasteiger partial charge in [-0.15, -0.1) is 13.2 Å². The van der Waals surface area contributed by atoms with E-state index in [1.54, 1.807) is 0 Å². The molecule has 57 valence electrons. The fourth-order valence-corrected chi connectivity index (χ4v) is 0.971. The molecule has 0 fully saturated rings. The minimum Gasteiger partial charge on any atom is -0.102 e. The molecule has 0 saturated carbocycles. The number of hydrogen-bond acceptors (Lipinski definition) is 0. The summed E-state index contributed by atoms with van der Waals surface area (Å²) in [5, 5.41) is 0. The molecule has 0 atom stereocenters. The lowest BCUT2D eigenvalue weighted by Crippen LogP contribution is -1.92. The summed E-state index contributed by atoms with van der Waals surface area (Å²) in [7, 11) is 0. The Bertz CT molecular complexity index is 111. The van der Waals surface area contributed by atoms with Crippen molar-refractivity contribution in [1.29, 1.82) is 0 Å². The first-order valence-electron chi connectivity index (χ1n) is 3.82. The number of allylic oxidation sites excluding steroid dienone is 2. The van der Waals surface area contributed by atoms with Crippen LogP contribution < -0.4 is 0 Å². The highest BCUT2D eigenvalue weighted by Gasteiger charge is 2.02. The standard InChI is InChI=1S/C10H17/c1-5-7-10(6-2)8-9(3)4/h6H,2-3,5,7-8H2,1,4H3. The van der Waals surface area contributed by atoms with E-state index in [0.717, 1.165) is 12.8 Å². The Balaban J connectivity index is 3.59. The molecule has 0 aliphatic heterocycles. The van der Waals surface area contributed by atoms with Crippen molar-refractivity contribution in [1.82, 2.24) is 0 Å². The maximum atomic E-state index is 3.86. The molecule has 0 amide bonds. The highest BCUT2D eigenvalue weighted by atomic mass is 14.1. The SMILES string of the molecule is C=C[C](CCC)CC(=C)C. The molecule has 0 aromatic heterocycles. The maximum absolute atomic E-state index is 3.86. The van der Waals surface area contributed by atoms with Gasteiger partial charge in [0, 0.05) is 5.92 Å². The molecule has 0 rings (SSSR count). The van der Waals surface area contributed by atoms with Gasteiger partial charge < -0.3 is 0 Å². The van der Waals surface area contributed by atoms with Gasteiger partial charge in [0.25, 0.3) is 0 Å². The molecule has 0 N–H and O–H groups in total. The Morgan fingerprint density at radius 3 is 2.40 bits per heavy atom. The second-order valence-electron chi connectivity index (χ2n) is 2.75. The zero-order valence-corrected chi connectivity index (χ0v) is 7.11. The zero-order valence-electron chi connectivity index (χ0n) is 7.11. The van der Waals surface area contributed by atoms with E-state index in [4.69, 9.17) is 0 Å². The summed E-state index contributed by atoms with van der Waals surface area (Å²) in [6, 6.07) is 0. The Morgan fingerprint density at radius 1 is 1.50 bits per heavy atom. The first kappa shape index (κ1) is 9.48. The van der Waals surface area contributed by atoms with Crippen LogP contribution in [0.4, 0.5) is 0 Å². The van der Waals surface area contributed by atoms with E-state index < -0.39 is 0 Å². The summed E-state index contributed by atoms with van der Waals surface area (Å²) in [6.07, 6.45) is 5.35. The fourth-order valence-electron chi connectivity index (χ4n) is 0.971. The Labute approximate surface area is 64.6 Å². The largest absolute Gasteiger partial charge is 0.102 e. The molecule has 1 radical (unpaired) electrons. The van der Waals surface area contributed by atoms with Crippen LogP contribution in [0.3, 0.4) is 0 Å². The van der Waals surface area contributed by atoms with Crippen molar-refractivity contribution in [2.75, 3.05) is 0 Å². The van der Waals surface area contributed by atoms with Crippen LogP contribution in [0.5, 0.6) is 0 Å². The summed E-state index contributed by atoms with van der Waals surface area (Å²) in [4.78, 5) is 0. The molecule has 0 unspecified atom stereocenters. The van der Waals surface area contributed by atoms with Gasteiger partial charge in [-0.1, -0.05) is 25.0 Å². The zero-order chi connectivity index (χ0) is 7.98. The van der Waals surface area contributed by atoms with Crippen molar-refractivity contribution >= 4 is 0 Å². The van der Waals surface area contributed by atoms with Crippen LogP contribution in [0.2, 0.25) is 0 Å². The number of rotatable bonds is 5. The van der Waals surface area contributed by atoms with Gasteiger partial charge in [0.1, 0.15) is 0 Å². The highest BCUT2D eigenvalue weighted by molar-refractivity contribution is 5.13. The maximum Gasteiger partial charge on any atom is 0.000974 e. The third kappa shape index (κ3) is 4.37. The van der Waals surface area contributed by atoms with Crippen molar-refractivity contribution in [3.63, 3.8) is 0 Å². The Morgan fingerprint density at radius 2 is 2.10 bits per heavy atom. The fraction of sp³-hybridized carbons (Fsp3) is 0.500. The van der Waals surface area contributed by atoms with Crippen LogP contribution in [0, 0.1) is 5.92 Å². The Hall–Kier alpha value is -0.520. The van der Waals surface area contributed by atoms with E-state index in [9.17, 15) is 0 Å². The monoisotopic (exact) mass is 137 g/mol. The Kier molecular flexibility index (Phi) is 5.00. The quantitative estimate of drug-likeness (QED) is 0.509. The van der Waals surface area contributed by atoms with Crippen LogP contribution in [0.1, 0.15) is 33.1 Å². The van der Waals surface area contributed by atoms with Crippen LogP contribution in [-0.4, -0.2) is 0 Å². The topological polar surface area (TPSA) is 0 Å². The molecular formula is C10H17. The van der Waals surface area contributed by atoms with Crippen LogP contribution in [0.15, 0.2) is 24.8 Å². The molecule has 0 spiro atoms. The van der Waals surface area contributed by atoms with Crippen molar-refractivity contribution in [3.05, 3.63) is 30.7 Å². The van der Waals surface area contributed by atoms with Gasteiger partial charge >= 0.3 is 0 Å². The van der Waals surface area contributed by atoms with Crippen molar-refractivity contribution in [2.24, 2.45) is 0 Å². The molecule has 0 aromatic carbocycles. The minimum atomic E-state index is 1.03. The average Bonchev–Trinajstić information content (AvgIpc) is 1.86. The molecule has 0 heteroatoms. The first-order chi connectivity index (χ1) is 4.70. The first-order valence-corrected chi connectivity index (χ1v) is 3.82. The van der Waals surface area contributed by atoms with Gasteiger partial charge in [0.05, 0.1) is 0 Å². The summed E-state index contributed by atoms with van der Waals surface area (Å²) in [5.41, 5.74) is 1.23. The van der Waals surface area contributed by atoms with Crippen LogP contribution in [0.25, 0.3) is 0 Å². The van der Waals surface area contributed by atoms with Gasteiger partial charge in [-0.05, 0) is 19.8 Å². The minimum absolute atomic E-state index is 1.03. The normalized spacial score (nSPS) is 9.90. The summed E-state index contributed by atoms with van der Waals surface area (Å²) in [6.45, 7) is 11.8. The lowest BCUT2D eigenvalue weighted by molar-refractivity contribution is 0.795. The highest BCUT2D eigenvalue weighted by Crippen LogP contribution is 2.18. The molecule has 0 nitrogen and oxygen atoms in total. The summed E-state index contributed by atoms with van der Waals surface area (Å²) >= 11 is 0. The van der Waals surface area contributed by atoms with Crippen LogP contribution in [-0.2, 0) is 0 Å². The lowest BCUT2D eigenvalue weighted by atomic mass is 9.97. The molecule has 0 bridgehead atoms. The van der Waals surface area contributed by atoms with Gasteiger partial charge in [0.15, 0.2) is 0 Å². The molecule has 0 saturated heterocycles. The summed E-state index contributed by atoms with van der Waals surface area (Å²) in [5.74, 6) is 1.41. The lowest BCUT2D eigenvalue weighted by Gasteiger charge is -2.08. The van der Waals surface area contributed by atoms with Gasteiger partial charge in [-0.3, -0.25) is 0 Å². The smallest absolute Gasteiger partial charge is 0.000974 e. The molecular weight excluding hydrogens is 120 g/mol. The second kappa shape index (κ2) is 5.28. The van der Waals surface area contributed by atoms with E-state index in [1.807, 2.05) is 6.08 Å². The third-order valence-corrected chi connectivity index (χ3v) is 1.39.